The number of hydrogen-bond acceptors (Lipinski definition) is 6. The number of hydrogen-bond donors (Lipinski definition) is 1. The van der Waals surface area contributed by atoms with Crippen molar-refractivity contribution in [3.05, 3.63) is 95.6 Å². The number of benzene rings is 3. The summed E-state index contributed by atoms with van der Waals surface area (Å²) in [6, 6.07) is 24.0. The van der Waals surface area contributed by atoms with E-state index in [1.54, 1.807) is 29.2 Å². The molecular formula is C28H27N3O3S. The Labute approximate surface area is 209 Å². The Bertz CT molecular complexity index is 1260. The number of carbonyl (C=O) groups excluding carboxylic acids is 3. The van der Waals surface area contributed by atoms with Gasteiger partial charge in [-0.15, -0.1) is 0 Å². The van der Waals surface area contributed by atoms with Gasteiger partial charge in [0.1, 0.15) is 0 Å². The van der Waals surface area contributed by atoms with Gasteiger partial charge in [-0.3, -0.25) is 19.3 Å². The Kier molecular flexibility index (Phi) is 7.77. The van der Waals surface area contributed by atoms with Crippen LogP contribution < -0.4 is 5.32 Å². The second-order valence-corrected chi connectivity index (χ2v) is 9.39. The first kappa shape index (κ1) is 24.4. The minimum atomic E-state index is -0.566. The van der Waals surface area contributed by atoms with Gasteiger partial charge in [0.05, 0.1) is 23.2 Å². The Morgan fingerprint density at radius 3 is 2.31 bits per heavy atom. The number of carbonyl (C=O) groups is 3. The molecule has 7 heteroatoms. The van der Waals surface area contributed by atoms with E-state index in [9.17, 15) is 14.4 Å². The highest BCUT2D eigenvalue weighted by Gasteiger charge is 2.39. The summed E-state index contributed by atoms with van der Waals surface area (Å²) in [5, 5.41) is 3.22. The summed E-state index contributed by atoms with van der Waals surface area (Å²) < 4.78 is 0. The van der Waals surface area contributed by atoms with Gasteiger partial charge >= 0.3 is 0 Å². The lowest BCUT2D eigenvalue weighted by Gasteiger charge is -2.17. The summed E-state index contributed by atoms with van der Waals surface area (Å²) in [5.74, 6) is -0.281. The van der Waals surface area contributed by atoms with Gasteiger partial charge in [0.25, 0.3) is 0 Å². The molecule has 0 radical (unpaired) electrons. The van der Waals surface area contributed by atoms with Gasteiger partial charge in [-0.05, 0) is 37.6 Å². The molecule has 1 unspecified atom stereocenters. The number of Topliss-reactive ketones (excluding diaryl/α,β-unsaturated/α-hetero) is 2. The van der Waals surface area contributed by atoms with Crippen molar-refractivity contribution in [2.45, 2.75) is 32.1 Å². The lowest BCUT2D eigenvalue weighted by atomic mass is 10.1. The van der Waals surface area contributed by atoms with E-state index in [0.29, 0.717) is 35.1 Å². The van der Waals surface area contributed by atoms with Gasteiger partial charge in [-0.1, -0.05) is 72.4 Å². The minimum absolute atomic E-state index is 0.0582. The lowest BCUT2D eigenvalue weighted by Crippen LogP contribution is -2.32. The highest BCUT2D eigenvalue weighted by molar-refractivity contribution is 8.15. The fourth-order valence-electron chi connectivity index (χ4n) is 3.83. The summed E-state index contributed by atoms with van der Waals surface area (Å²) >= 11 is 1.30. The largest absolute Gasteiger partial charge is 0.384 e. The van der Waals surface area contributed by atoms with Gasteiger partial charge in [0.15, 0.2) is 16.7 Å². The van der Waals surface area contributed by atoms with Gasteiger partial charge < -0.3 is 5.32 Å². The first-order valence-electron chi connectivity index (χ1n) is 11.5. The van der Waals surface area contributed by atoms with Crippen LogP contribution in [0.15, 0.2) is 83.9 Å². The van der Waals surface area contributed by atoms with Crippen molar-refractivity contribution in [2.24, 2.45) is 4.99 Å². The molecule has 0 aromatic heterocycles. The average molecular weight is 486 g/mol. The molecule has 35 heavy (non-hydrogen) atoms. The number of anilines is 1. The van der Waals surface area contributed by atoms with Crippen LogP contribution in [0.1, 0.15) is 46.5 Å². The maximum atomic E-state index is 13.5. The van der Waals surface area contributed by atoms with Crippen molar-refractivity contribution in [1.29, 1.82) is 0 Å². The monoisotopic (exact) mass is 485 g/mol. The van der Waals surface area contributed by atoms with E-state index in [2.05, 4.69) is 5.32 Å². The number of thioether (sulfide) groups is 1. The molecule has 0 bridgehead atoms. The van der Waals surface area contributed by atoms with Crippen molar-refractivity contribution >= 4 is 45.8 Å². The molecule has 1 aliphatic rings. The standard InChI is InChI=1S/C28H27N3O3S/c1-3-29-23-15-14-22(19(2)32)16-24(23)30-28-31(18-20-10-6-4-7-11-20)27(34)26(35-28)17-25(33)21-12-8-5-9-13-21/h4-16,26,29H,3,17-18H2,1-2H3/b30-28+. The van der Waals surface area contributed by atoms with Gasteiger partial charge in [0.2, 0.25) is 5.91 Å². The zero-order valence-corrected chi connectivity index (χ0v) is 20.5. The van der Waals surface area contributed by atoms with E-state index in [0.717, 1.165) is 11.3 Å². The third-order valence-electron chi connectivity index (χ3n) is 5.66. The van der Waals surface area contributed by atoms with Crippen LogP contribution in [0, 0.1) is 0 Å². The third-order valence-corrected chi connectivity index (χ3v) is 6.83. The van der Waals surface area contributed by atoms with Gasteiger partial charge in [-0.25, -0.2) is 4.99 Å². The number of amides is 1. The summed E-state index contributed by atoms with van der Waals surface area (Å²) in [5.41, 5.74) is 3.47. The quantitative estimate of drug-likeness (QED) is 0.392. The molecule has 4 rings (SSSR count). The molecule has 0 spiro atoms. The normalized spacial score (nSPS) is 16.5. The van der Waals surface area contributed by atoms with E-state index in [1.807, 2.05) is 61.5 Å². The molecule has 1 fully saturated rings. The van der Waals surface area contributed by atoms with Crippen LogP contribution in [0.3, 0.4) is 0 Å². The van der Waals surface area contributed by atoms with Crippen LogP contribution in [0.4, 0.5) is 11.4 Å². The fraction of sp³-hybridized carbons (Fsp3) is 0.214. The molecule has 0 saturated carbocycles. The summed E-state index contributed by atoms with van der Waals surface area (Å²) in [4.78, 5) is 44.8. The third kappa shape index (κ3) is 5.87. The highest BCUT2D eigenvalue weighted by Crippen LogP contribution is 2.36. The van der Waals surface area contributed by atoms with Crippen molar-refractivity contribution in [3.63, 3.8) is 0 Å². The predicted molar refractivity (Wildman–Crippen MR) is 141 cm³/mol. The molecule has 1 N–H and O–H groups in total. The van der Waals surface area contributed by atoms with Crippen molar-refractivity contribution in [2.75, 3.05) is 11.9 Å². The Hall–Kier alpha value is -3.71. The first-order valence-corrected chi connectivity index (χ1v) is 12.4. The van der Waals surface area contributed by atoms with Crippen LogP contribution in [-0.4, -0.2) is 39.3 Å². The number of nitrogens with zero attached hydrogens (tertiary/aromatic N) is 2. The highest BCUT2D eigenvalue weighted by atomic mass is 32.2. The summed E-state index contributed by atoms with van der Waals surface area (Å²) in [7, 11) is 0. The van der Waals surface area contributed by atoms with Crippen molar-refractivity contribution < 1.29 is 14.4 Å². The first-order chi connectivity index (χ1) is 17.0. The average Bonchev–Trinajstić information content (AvgIpc) is 3.15. The minimum Gasteiger partial charge on any atom is -0.384 e. The molecule has 6 nitrogen and oxygen atoms in total. The second-order valence-electron chi connectivity index (χ2n) is 8.22. The molecule has 178 valence electrons. The zero-order valence-electron chi connectivity index (χ0n) is 19.7. The van der Waals surface area contributed by atoms with Crippen molar-refractivity contribution in [3.8, 4) is 0 Å². The maximum absolute atomic E-state index is 13.5. The van der Waals surface area contributed by atoms with E-state index in [1.165, 1.54) is 18.7 Å². The van der Waals surface area contributed by atoms with Gasteiger partial charge in [-0.2, -0.15) is 0 Å². The smallest absolute Gasteiger partial charge is 0.242 e. The predicted octanol–water partition coefficient (Wildman–Crippen LogP) is 5.73. The number of nitrogens with one attached hydrogen (secondary N) is 1. The molecule has 0 aliphatic carbocycles. The second kappa shape index (κ2) is 11.1. The molecule has 3 aromatic carbocycles. The van der Waals surface area contributed by atoms with E-state index < -0.39 is 5.25 Å². The molecule has 1 saturated heterocycles. The fourth-order valence-corrected chi connectivity index (χ4v) is 4.98. The molecule has 1 amide bonds. The van der Waals surface area contributed by atoms with Crippen LogP contribution in [-0.2, 0) is 11.3 Å². The molecule has 3 aromatic rings. The lowest BCUT2D eigenvalue weighted by molar-refractivity contribution is -0.126. The van der Waals surface area contributed by atoms with Crippen LogP contribution >= 0.6 is 11.8 Å². The SMILES string of the molecule is CCNc1ccc(C(C)=O)cc1/N=C1/SC(CC(=O)c2ccccc2)C(=O)N1Cc1ccccc1. The summed E-state index contributed by atoms with van der Waals surface area (Å²) in [6.45, 7) is 4.53. The molecule has 1 atom stereocenters. The maximum Gasteiger partial charge on any atom is 0.242 e. The van der Waals surface area contributed by atoms with Crippen LogP contribution in [0.25, 0.3) is 0 Å². The van der Waals surface area contributed by atoms with Crippen LogP contribution in [0.2, 0.25) is 0 Å². The number of aliphatic imine (C=N–C) groups is 1. The number of rotatable bonds is 9. The molecular weight excluding hydrogens is 458 g/mol. The zero-order chi connectivity index (χ0) is 24.8. The van der Waals surface area contributed by atoms with E-state index >= 15 is 0 Å². The Morgan fingerprint density at radius 2 is 1.66 bits per heavy atom. The Balaban J connectivity index is 1.69. The summed E-state index contributed by atoms with van der Waals surface area (Å²) in [6.07, 6.45) is 0.0887. The molecule has 1 heterocycles. The van der Waals surface area contributed by atoms with Crippen LogP contribution in [0.5, 0.6) is 0 Å². The number of ketones is 2. The Morgan fingerprint density at radius 1 is 0.971 bits per heavy atom. The van der Waals surface area contributed by atoms with E-state index in [-0.39, 0.29) is 23.9 Å². The van der Waals surface area contributed by atoms with E-state index in [4.69, 9.17) is 4.99 Å². The van der Waals surface area contributed by atoms with Gasteiger partial charge in [0, 0.05) is 24.1 Å². The molecule has 1 aliphatic heterocycles. The van der Waals surface area contributed by atoms with Crippen molar-refractivity contribution in [1.82, 2.24) is 4.90 Å². The number of amidine groups is 1. The topological polar surface area (TPSA) is 78.8 Å².